The van der Waals surface area contributed by atoms with E-state index in [1.165, 1.54) is 0 Å². The van der Waals surface area contributed by atoms with Gasteiger partial charge in [-0.2, -0.15) is 0 Å². The lowest BCUT2D eigenvalue weighted by Gasteiger charge is -2.15. The zero-order chi connectivity index (χ0) is 13.0. The fraction of sp³-hybridized carbons (Fsp3) is 0.455. The van der Waals surface area contributed by atoms with E-state index in [0.29, 0.717) is 0 Å². The molecule has 1 aromatic heterocycles. The maximum Gasteiger partial charge on any atom is 0.303 e. The van der Waals surface area contributed by atoms with E-state index in [1.807, 2.05) is 26.0 Å². The molecule has 6 heteroatoms. The number of aliphatic carboxylic acids is 1. The fourth-order valence-electron chi connectivity index (χ4n) is 1.45. The Labute approximate surface area is 99.4 Å². The van der Waals surface area contributed by atoms with Crippen LogP contribution >= 0.6 is 0 Å². The van der Waals surface area contributed by atoms with Gasteiger partial charge in [0.05, 0.1) is 6.04 Å². The number of carbonyl (C=O) groups excluding carboxylic acids is 1. The van der Waals surface area contributed by atoms with Crippen molar-refractivity contribution < 1.29 is 14.7 Å². The number of rotatable bonds is 5. The Morgan fingerprint density at radius 1 is 1.41 bits per heavy atom. The largest absolute Gasteiger partial charge is 0.481 e. The number of carboxylic acids is 1. The lowest BCUT2D eigenvalue weighted by atomic mass is 10.1. The third-order valence-corrected chi connectivity index (χ3v) is 2.50. The van der Waals surface area contributed by atoms with Crippen LogP contribution in [-0.2, 0) is 9.59 Å². The molecule has 0 saturated carbocycles. The van der Waals surface area contributed by atoms with Gasteiger partial charge in [-0.1, -0.05) is 0 Å². The third-order valence-electron chi connectivity index (χ3n) is 2.50. The summed E-state index contributed by atoms with van der Waals surface area (Å²) < 4.78 is 1.63. The second-order valence-corrected chi connectivity index (χ2v) is 3.97. The standard InChI is InChI=1S/C11H17N3O3/c1-7-3-4-8(2)14(7)13-11(17)9(12)5-6-10(15)16/h3-4,9H,5-6,12H2,1-2H3,(H,13,17)(H,15,16). The summed E-state index contributed by atoms with van der Waals surface area (Å²) in [5, 5.41) is 8.50. The smallest absolute Gasteiger partial charge is 0.303 e. The Morgan fingerprint density at radius 3 is 2.41 bits per heavy atom. The molecule has 1 heterocycles. The van der Waals surface area contributed by atoms with E-state index in [4.69, 9.17) is 10.8 Å². The van der Waals surface area contributed by atoms with Gasteiger partial charge in [0.1, 0.15) is 0 Å². The van der Waals surface area contributed by atoms with Gasteiger partial charge in [-0.15, -0.1) is 0 Å². The van der Waals surface area contributed by atoms with Gasteiger partial charge in [-0.05, 0) is 32.4 Å². The minimum absolute atomic E-state index is 0.113. The molecule has 0 aromatic carbocycles. The van der Waals surface area contributed by atoms with Gasteiger partial charge in [0.15, 0.2) is 0 Å². The Bertz CT molecular complexity index is 406. The Kier molecular flexibility index (Phi) is 4.28. The number of carboxylic acid groups (broad SMARTS) is 1. The molecule has 17 heavy (non-hydrogen) atoms. The van der Waals surface area contributed by atoms with Crippen molar-refractivity contribution in [3.05, 3.63) is 23.5 Å². The summed E-state index contributed by atoms with van der Waals surface area (Å²) in [4.78, 5) is 22.0. The lowest BCUT2D eigenvalue weighted by molar-refractivity contribution is -0.137. The highest BCUT2D eigenvalue weighted by molar-refractivity contribution is 5.89. The number of nitrogens with zero attached hydrogens (tertiary/aromatic N) is 1. The van der Waals surface area contributed by atoms with Gasteiger partial charge in [-0.25, -0.2) is 0 Å². The maximum absolute atomic E-state index is 11.7. The number of amides is 1. The molecule has 1 unspecified atom stereocenters. The monoisotopic (exact) mass is 239 g/mol. The highest BCUT2D eigenvalue weighted by Gasteiger charge is 2.16. The number of hydrogen-bond acceptors (Lipinski definition) is 3. The van der Waals surface area contributed by atoms with Gasteiger partial charge in [0.2, 0.25) is 0 Å². The molecule has 0 spiro atoms. The molecule has 0 radical (unpaired) electrons. The minimum Gasteiger partial charge on any atom is -0.481 e. The van der Waals surface area contributed by atoms with E-state index in [2.05, 4.69) is 5.43 Å². The average molecular weight is 239 g/mol. The van der Waals surface area contributed by atoms with Crippen LogP contribution in [0.25, 0.3) is 0 Å². The van der Waals surface area contributed by atoms with Crippen molar-refractivity contribution >= 4 is 11.9 Å². The molecule has 4 N–H and O–H groups in total. The van der Waals surface area contributed by atoms with Crippen LogP contribution < -0.4 is 11.2 Å². The van der Waals surface area contributed by atoms with Crippen molar-refractivity contribution in [1.82, 2.24) is 4.68 Å². The number of aromatic nitrogens is 1. The fourth-order valence-corrected chi connectivity index (χ4v) is 1.45. The maximum atomic E-state index is 11.7. The molecule has 0 fully saturated rings. The van der Waals surface area contributed by atoms with E-state index in [9.17, 15) is 9.59 Å². The average Bonchev–Trinajstić information content (AvgIpc) is 2.57. The van der Waals surface area contributed by atoms with Crippen LogP contribution in [0.1, 0.15) is 24.2 Å². The summed E-state index contributed by atoms with van der Waals surface area (Å²) in [6, 6.07) is 2.93. The molecule has 1 atom stereocenters. The second-order valence-electron chi connectivity index (χ2n) is 3.97. The topological polar surface area (TPSA) is 97.4 Å². The summed E-state index contributed by atoms with van der Waals surface area (Å²) in [7, 11) is 0. The normalized spacial score (nSPS) is 12.2. The van der Waals surface area contributed by atoms with Crippen LogP contribution in [0.2, 0.25) is 0 Å². The Morgan fingerprint density at radius 2 is 1.94 bits per heavy atom. The lowest BCUT2D eigenvalue weighted by Crippen LogP contribution is -2.40. The van der Waals surface area contributed by atoms with Crippen LogP contribution in [0.4, 0.5) is 0 Å². The van der Waals surface area contributed by atoms with Gasteiger partial charge >= 0.3 is 5.97 Å². The molecule has 0 saturated heterocycles. The summed E-state index contributed by atoms with van der Waals surface area (Å²) in [5.74, 6) is -1.34. The van der Waals surface area contributed by atoms with Crippen molar-refractivity contribution in [3.8, 4) is 0 Å². The van der Waals surface area contributed by atoms with Gasteiger partial charge in [-0.3, -0.25) is 19.7 Å². The van der Waals surface area contributed by atoms with Crippen molar-refractivity contribution in [2.75, 3.05) is 5.43 Å². The summed E-state index contributed by atoms with van der Waals surface area (Å²) in [5.41, 5.74) is 10.0. The molecule has 6 nitrogen and oxygen atoms in total. The van der Waals surface area contributed by atoms with Crippen molar-refractivity contribution in [1.29, 1.82) is 0 Å². The quantitative estimate of drug-likeness (QED) is 0.691. The first kappa shape index (κ1) is 13.2. The first-order valence-electron chi connectivity index (χ1n) is 5.35. The second kappa shape index (κ2) is 5.49. The molecule has 1 aromatic rings. The van der Waals surface area contributed by atoms with Crippen LogP contribution in [0, 0.1) is 13.8 Å². The predicted molar refractivity (Wildman–Crippen MR) is 63.1 cm³/mol. The first-order valence-corrected chi connectivity index (χ1v) is 5.35. The predicted octanol–water partition coefficient (Wildman–Crippen LogP) is 0.367. The van der Waals surface area contributed by atoms with Crippen LogP contribution in [0.3, 0.4) is 0 Å². The third kappa shape index (κ3) is 3.60. The van der Waals surface area contributed by atoms with Crippen LogP contribution in [0.15, 0.2) is 12.1 Å². The van der Waals surface area contributed by atoms with Gasteiger partial charge in [0.25, 0.3) is 5.91 Å². The van der Waals surface area contributed by atoms with Crippen LogP contribution in [0.5, 0.6) is 0 Å². The minimum atomic E-state index is -0.957. The number of nitrogens with two attached hydrogens (primary N) is 1. The van der Waals surface area contributed by atoms with E-state index in [0.717, 1.165) is 11.4 Å². The SMILES string of the molecule is Cc1ccc(C)n1NC(=O)C(N)CCC(=O)O. The first-order chi connectivity index (χ1) is 7.91. The molecular weight excluding hydrogens is 222 g/mol. The van der Waals surface area contributed by atoms with E-state index < -0.39 is 12.0 Å². The molecule has 0 aliphatic rings. The molecule has 94 valence electrons. The van der Waals surface area contributed by atoms with Crippen molar-refractivity contribution in [3.63, 3.8) is 0 Å². The number of carbonyl (C=O) groups is 2. The van der Waals surface area contributed by atoms with Crippen LogP contribution in [-0.4, -0.2) is 27.7 Å². The summed E-state index contributed by atoms with van der Waals surface area (Å²) in [6.45, 7) is 3.71. The number of hydrogen-bond donors (Lipinski definition) is 3. The summed E-state index contributed by atoms with van der Waals surface area (Å²) >= 11 is 0. The van der Waals surface area contributed by atoms with Crippen molar-refractivity contribution in [2.45, 2.75) is 32.7 Å². The van der Waals surface area contributed by atoms with E-state index in [-0.39, 0.29) is 18.7 Å². The molecule has 1 rings (SSSR count). The highest BCUT2D eigenvalue weighted by atomic mass is 16.4. The van der Waals surface area contributed by atoms with E-state index in [1.54, 1.807) is 4.68 Å². The van der Waals surface area contributed by atoms with Gasteiger partial charge in [0, 0.05) is 17.8 Å². The number of nitrogens with one attached hydrogen (secondary N) is 1. The number of aryl methyl sites for hydroxylation is 2. The molecule has 0 aliphatic heterocycles. The molecule has 0 aliphatic carbocycles. The van der Waals surface area contributed by atoms with Crippen molar-refractivity contribution in [2.24, 2.45) is 5.73 Å². The Hall–Kier alpha value is -1.82. The molecule has 0 bridgehead atoms. The van der Waals surface area contributed by atoms with E-state index >= 15 is 0 Å². The Balaban J connectivity index is 2.57. The molecular formula is C11H17N3O3. The highest BCUT2D eigenvalue weighted by Crippen LogP contribution is 2.05. The molecule has 1 amide bonds. The zero-order valence-corrected chi connectivity index (χ0v) is 9.93. The summed E-state index contributed by atoms with van der Waals surface area (Å²) in [6.07, 6.45) is 0.0127. The zero-order valence-electron chi connectivity index (χ0n) is 9.93. The van der Waals surface area contributed by atoms with Gasteiger partial charge < -0.3 is 10.8 Å².